The van der Waals surface area contributed by atoms with Crippen LogP contribution in [0.1, 0.15) is 49.6 Å². The number of anilines is 1. The Balaban J connectivity index is 2.25. The van der Waals surface area contributed by atoms with Crippen LogP contribution in [-0.2, 0) is 5.41 Å². The Hall–Kier alpha value is -2.23. The highest BCUT2D eigenvalue weighted by atomic mass is 16.5. The summed E-state index contributed by atoms with van der Waals surface area (Å²) in [5.41, 5.74) is 1.08. The number of aryl methyl sites for hydroxylation is 1. The van der Waals surface area contributed by atoms with Gasteiger partial charge < -0.3 is 14.5 Å². The molecule has 22 heavy (non-hydrogen) atoms. The lowest BCUT2D eigenvalue weighted by Crippen LogP contribution is -2.13. The van der Waals surface area contributed by atoms with Gasteiger partial charge >= 0.3 is 0 Å². The minimum absolute atomic E-state index is 0.132. The van der Waals surface area contributed by atoms with E-state index in [2.05, 4.69) is 26.1 Å². The van der Waals surface area contributed by atoms with Gasteiger partial charge in [0.15, 0.2) is 0 Å². The number of amides is 1. The zero-order valence-corrected chi connectivity index (χ0v) is 13.8. The molecular formula is C18H23NO3. The molecule has 1 heterocycles. The molecule has 0 saturated carbocycles. The summed E-state index contributed by atoms with van der Waals surface area (Å²) in [4.78, 5) is 12.5. The van der Waals surface area contributed by atoms with E-state index in [1.807, 2.05) is 37.3 Å². The van der Waals surface area contributed by atoms with Crippen molar-refractivity contribution in [1.29, 1.82) is 0 Å². The standard InChI is InChI=1S/C18H23NO3/c1-6-21-15-10-8-7-9-14(15)19-17(20)13-11-16(18(3,4)5)22-12(13)2/h7-11H,6H2,1-5H3,(H,19,20). The Kier molecular flexibility index (Phi) is 4.59. The quantitative estimate of drug-likeness (QED) is 0.902. The van der Waals surface area contributed by atoms with Crippen molar-refractivity contribution in [3.05, 3.63) is 47.4 Å². The molecule has 0 aliphatic carbocycles. The smallest absolute Gasteiger partial charge is 0.259 e. The second kappa shape index (κ2) is 6.26. The Morgan fingerprint density at radius 1 is 1.27 bits per heavy atom. The third kappa shape index (κ3) is 3.50. The van der Waals surface area contributed by atoms with Crippen LogP contribution in [0.15, 0.2) is 34.7 Å². The van der Waals surface area contributed by atoms with Crippen molar-refractivity contribution in [2.45, 2.75) is 40.0 Å². The highest BCUT2D eigenvalue weighted by molar-refractivity contribution is 6.05. The van der Waals surface area contributed by atoms with E-state index in [1.54, 1.807) is 6.92 Å². The maximum absolute atomic E-state index is 12.5. The van der Waals surface area contributed by atoms with Crippen LogP contribution in [0.2, 0.25) is 0 Å². The molecule has 0 radical (unpaired) electrons. The maximum Gasteiger partial charge on any atom is 0.259 e. The average Bonchev–Trinajstić information content (AvgIpc) is 2.83. The van der Waals surface area contributed by atoms with Crippen LogP contribution in [0.5, 0.6) is 5.75 Å². The molecule has 0 fully saturated rings. The Morgan fingerprint density at radius 3 is 2.55 bits per heavy atom. The van der Waals surface area contributed by atoms with Crippen LogP contribution in [0, 0.1) is 6.92 Å². The second-order valence-corrected chi connectivity index (χ2v) is 6.21. The van der Waals surface area contributed by atoms with Gasteiger partial charge in [0.25, 0.3) is 5.91 Å². The molecule has 1 amide bonds. The van der Waals surface area contributed by atoms with Crippen molar-refractivity contribution in [3.8, 4) is 5.75 Å². The topological polar surface area (TPSA) is 51.5 Å². The van der Waals surface area contributed by atoms with Gasteiger partial charge in [-0.15, -0.1) is 0 Å². The van der Waals surface area contributed by atoms with E-state index < -0.39 is 0 Å². The number of hydrogen-bond donors (Lipinski definition) is 1. The fourth-order valence-corrected chi connectivity index (χ4v) is 2.12. The maximum atomic E-state index is 12.5. The fraction of sp³-hybridized carbons (Fsp3) is 0.389. The van der Waals surface area contributed by atoms with Crippen LogP contribution in [-0.4, -0.2) is 12.5 Å². The summed E-state index contributed by atoms with van der Waals surface area (Å²) in [6, 6.07) is 9.21. The molecule has 1 aromatic heterocycles. The van der Waals surface area contributed by atoms with Crippen LogP contribution in [0.3, 0.4) is 0 Å². The van der Waals surface area contributed by atoms with Crippen molar-refractivity contribution in [2.75, 3.05) is 11.9 Å². The molecule has 0 spiro atoms. The predicted molar refractivity (Wildman–Crippen MR) is 87.7 cm³/mol. The number of benzene rings is 1. The van der Waals surface area contributed by atoms with Gasteiger partial charge in [0.2, 0.25) is 0 Å². The lowest BCUT2D eigenvalue weighted by Gasteiger charge is -2.13. The summed E-state index contributed by atoms with van der Waals surface area (Å²) < 4.78 is 11.2. The van der Waals surface area contributed by atoms with Crippen molar-refractivity contribution in [2.24, 2.45) is 0 Å². The number of carbonyl (C=O) groups excluding carboxylic acids is 1. The van der Waals surface area contributed by atoms with Crippen molar-refractivity contribution in [3.63, 3.8) is 0 Å². The van der Waals surface area contributed by atoms with Gasteiger partial charge in [0.1, 0.15) is 17.3 Å². The first-order valence-electron chi connectivity index (χ1n) is 7.47. The zero-order chi connectivity index (χ0) is 16.3. The van der Waals surface area contributed by atoms with E-state index in [0.717, 1.165) is 5.76 Å². The van der Waals surface area contributed by atoms with E-state index in [-0.39, 0.29) is 11.3 Å². The van der Waals surface area contributed by atoms with Gasteiger partial charge in [-0.25, -0.2) is 0 Å². The van der Waals surface area contributed by atoms with Crippen molar-refractivity contribution >= 4 is 11.6 Å². The molecule has 0 aliphatic heterocycles. The molecular weight excluding hydrogens is 278 g/mol. The number of ether oxygens (including phenoxy) is 1. The van der Waals surface area contributed by atoms with Crippen LogP contribution >= 0.6 is 0 Å². The van der Waals surface area contributed by atoms with E-state index in [9.17, 15) is 4.79 Å². The summed E-state index contributed by atoms with van der Waals surface area (Å²) in [7, 11) is 0. The number of para-hydroxylation sites is 2. The fourth-order valence-electron chi connectivity index (χ4n) is 2.12. The van der Waals surface area contributed by atoms with Gasteiger partial charge in [-0.3, -0.25) is 4.79 Å². The summed E-state index contributed by atoms with van der Waals surface area (Å²) in [6.07, 6.45) is 0. The Labute approximate surface area is 131 Å². The molecule has 4 heteroatoms. The first-order valence-corrected chi connectivity index (χ1v) is 7.47. The lowest BCUT2D eigenvalue weighted by molar-refractivity contribution is 0.102. The summed E-state index contributed by atoms with van der Waals surface area (Å²) in [5.74, 6) is 1.89. The Bertz CT molecular complexity index is 665. The van der Waals surface area contributed by atoms with Crippen LogP contribution in [0.25, 0.3) is 0 Å². The first-order chi connectivity index (χ1) is 10.3. The molecule has 1 aromatic carbocycles. The summed E-state index contributed by atoms with van der Waals surface area (Å²) in [5, 5.41) is 2.89. The number of hydrogen-bond acceptors (Lipinski definition) is 3. The molecule has 0 atom stereocenters. The molecule has 1 N–H and O–H groups in total. The third-order valence-corrected chi connectivity index (χ3v) is 3.34. The monoisotopic (exact) mass is 301 g/mol. The molecule has 0 bridgehead atoms. The number of rotatable bonds is 4. The highest BCUT2D eigenvalue weighted by Gasteiger charge is 2.23. The van der Waals surface area contributed by atoms with Gasteiger partial charge in [0.05, 0.1) is 17.9 Å². The predicted octanol–water partition coefficient (Wildman–Crippen LogP) is 4.54. The van der Waals surface area contributed by atoms with Crippen molar-refractivity contribution < 1.29 is 13.9 Å². The molecule has 4 nitrogen and oxygen atoms in total. The molecule has 2 rings (SSSR count). The largest absolute Gasteiger partial charge is 0.492 e. The molecule has 118 valence electrons. The van der Waals surface area contributed by atoms with Gasteiger partial charge in [0, 0.05) is 5.41 Å². The lowest BCUT2D eigenvalue weighted by atomic mass is 9.93. The van der Waals surface area contributed by atoms with E-state index in [1.165, 1.54) is 0 Å². The van der Waals surface area contributed by atoms with Gasteiger partial charge in [-0.05, 0) is 32.0 Å². The minimum atomic E-state index is -0.191. The molecule has 2 aromatic rings. The molecule has 0 saturated heterocycles. The second-order valence-electron chi connectivity index (χ2n) is 6.21. The minimum Gasteiger partial charge on any atom is -0.492 e. The van der Waals surface area contributed by atoms with Gasteiger partial charge in [-0.1, -0.05) is 32.9 Å². The average molecular weight is 301 g/mol. The van der Waals surface area contributed by atoms with E-state index in [4.69, 9.17) is 9.15 Å². The Morgan fingerprint density at radius 2 is 1.95 bits per heavy atom. The van der Waals surface area contributed by atoms with E-state index in [0.29, 0.717) is 29.4 Å². The molecule has 0 unspecified atom stereocenters. The summed E-state index contributed by atoms with van der Waals surface area (Å²) >= 11 is 0. The number of furan rings is 1. The number of carbonyl (C=O) groups is 1. The SMILES string of the molecule is CCOc1ccccc1NC(=O)c1cc(C(C)(C)C)oc1C. The third-order valence-electron chi connectivity index (χ3n) is 3.34. The number of nitrogens with one attached hydrogen (secondary N) is 1. The first kappa shape index (κ1) is 16.1. The molecule has 0 aliphatic rings. The van der Waals surface area contributed by atoms with Gasteiger partial charge in [-0.2, -0.15) is 0 Å². The highest BCUT2D eigenvalue weighted by Crippen LogP contribution is 2.29. The van der Waals surface area contributed by atoms with Crippen LogP contribution < -0.4 is 10.1 Å². The zero-order valence-electron chi connectivity index (χ0n) is 13.8. The normalized spacial score (nSPS) is 11.3. The van der Waals surface area contributed by atoms with E-state index >= 15 is 0 Å². The van der Waals surface area contributed by atoms with Crippen molar-refractivity contribution in [1.82, 2.24) is 0 Å². The van der Waals surface area contributed by atoms with Crippen LogP contribution in [0.4, 0.5) is 5.69 Å². The summed E-state index contributed by atoms with van der Waals surface area (Å²) in [6.45, 7) is 10.4.